The predicted octanol–water partition coefficient (Wildman–Crippen LogP) is 3.60. The zero-order valence-corrected chi connectivity index (χ0v) is 19.0. The van der Waals surface area contributed by atoms with E-state index in [2.05, 4.69) is 53.1 Å². The van der Waals surface area contributed by atoms with E-state index in [4.69, 9.17) is 4.74 Å². The third-order valence-electron chi connectivity index (χ3n) is 6.05. The van der Waals surface area contributed by atoms with Crippen LogP contribution in [0.3, 0.4) is 0 Å². The van der Waals surface area contributed by atoms with Gasteiger partial charge in [-0.1, -0.05) is 0 Å². The average molecular weight is 424 g/mol. The molecule has 0 bridgehead atoms. The molecular formula is C22H37N3O3S. The molecule has 1 aliphatic carbocycles. The standard InChI is InChI=1S/C22H37N3O3S/c1-16(2)29(26,27)24-21-7-5-19(6-8-21)13-23-20-9-11-22(12-10-20)25-14-17(3)28-18(4)15-25/h9-12,16-19,21,23-24H,5-8,13-15H2,1-4H3/t17-,18+,19?,21?. The average Bonchev–Trinajstić information content (AvgIpc) is 2.67. The van der Waals surface area contributed by atoms with Gasteiger partial charge in [0.1, 0.15) is 0 Å². The van der Waals surface area contributed by atoms with Gasteiger partial charge in [-0.25, -0.2) is 13.1 Å². The first kappa shape index (κ1) is 22.4. The van der Waals surface area contributed by atoms with Gasteiger partial charge in [-0.3, -0.25) is 0 Å². The van der Waals surface area contributed by atoms with Crippen LogP contribution < -0.4 is 14.9 Å². The molecule has 0 unspecified atom stereocenters. The second-order valence-corrected chi connectivity index (χ2v) is 11.3. The minimum Gasteiger partial charge on any atom is -0.385 e. The van der Waals surface area contributed by atoms with Crippen molar-refractivity contribution >= 4 is 21.4 Å². The largest absolute Gasteiger partial charge is 0.385 e. The van der Waals surface area contributed by atoms with Gasteiger partial charge in [0.05, 0.1) is 17.5 Å². The van der Waals surface area contributed by atoms with E-state index >= 15 is 0 Å². The number of hydrogen-bond donors (Lipinski definition) is 2. The number of hydrogen-bond acceptors (Lipinski definition) is 5. The highest BCUT2D eigenvalue weighted by atomic mass is 32.2. The van der Waals surface area contributed by atoms with E-state index in [0.717, 1.165) is 51.0 Å². The number of anilines is 2. The lowest BCUT2D eigenvalue weighted by Gasteiger charge is -2.37. The van der Waals surface area contributed by atoms with Crippen molar-refractivity contribution in [2.24, 2.45) is 5.92 Å². The van der Waals surface area contributed by atoms with Gasteiger partial charge in [0.2, 0.25) is 10.0 Å². The molecule has 1 aromatic rings. The molecule has 0 amide bonds. The minimum atomic E-state index is -3.17. The molecule has 1 saturated carbocycles. The van der Waals surface area contributed by atoms with E-state index in [9.17, 15) is 8.42 Å². The van der Waals surface area contributed by atoms with E-state index in [1.807, 2.05) is 0 Å². The van der Waals surface area contributed by atoms with Crippen LogP contribution in [0, 0.1) is 5.92 Å². The van der Waals surface area contributed by atoms with Crippen LogP contribution >= 0.6 is 0 Å². The summed E-state index contributed by atoms with van der Waals surface area (Å²) in [7, 11) is -3.17. The fraction of sp³-hybridized carbons (Fsp3) is 0.727. The topological polar surface area (TPSA) is 70.7 Å². The monoisotopic (exact) mass is 423 g/mol. The Labute approximate surface area is 176 Å². The highest BCUT2D eigenvalue weighted by Crippen LogP contribution is 2.26. The smallest absolute Gasteiger partial charge is 0.214 e. The number of ether oxygens (including phenoxy) is 1. The molecule has 1 saturated heterocycles. The maximum atomic E-state index is 12.0. The third-order valence-corrected chi connectivity index (χ3v) is 7.95. The molecule has 2 aliphatic rings. The summed E-state index contributed by atoms with van der Waals surface area (Å²) < 4.78 is 32.8. The normalized spacial score (nSPS) is 28.5. The first-order valence-electron chi connectivity index (χ1n) is 11.0. The van der Waals surface area contributed by atoms with Gasteiger partial charge in [0.25, 0.3) is 0 Å². The van der Waals surface area contributed by atoms with Crippen LogP contribution in [0.4, 0.5) is 11.4 Å². The second-order valence-electron chi connectivity index (χ2n) is 9.02. The molecule has 0 aromatic heterocycles. The van der Waals surface area contributed by atoms with E-state index in [-0.39, 0.29) is 23.5 Å². The van der Waals surface area contributed by atoms with Crippen LogP contribution in [0.5, 0.6) is 0 Å². The number of nitrogens with zero attached hydrogens (tertiary/aromatic N) is 1. The van der Waals surface area contributed by atoms with E-state index in [1.54, 1.807) is 13.8 Å². The van der Waals surface area contributed by atoms with Gasteiger partial charge >= 0.3 is 0 Å². The van der Waals surface area contributed by atoms with Gasteiger partial charge < -0.3 is 15.0 Å². The lowest BCUT2D eigenvalue weighted by atomic mass is 9.86. The SMILES string of the molecule is CC(C)S(=O)(=O)NC1CCC(CNc2ccc(N3C[C@@H](C)O[C@@H](C)C3)cc2)CC1. The summed E-state index contributed by atoms with van der Waals surface area (Å²) in [6.45, 7) is 10.5. The van der Waals surface area contributed by atoms with Crippen molar-refractivity contribution in [2.75, 3.05) is 29.9 Å². The molecule has 0 radical (unpaired) electrons. The number of morpholine rings is 1. The van der Waals surface area contributed by atoms with Gasteiger partial charge in [-0.05, 0) is 83.6 Å². The first-order valence-corrected chi connectivity index (χ1v) is 12.5. The van der Waals surface area contributed by atoms with Crippen molar-refractivity contribution in [2.45, 2.75) is 76.9 Å². The molecule has 1 aromatic carbocycles. The Hall–Kier alpha value is -1.31. The second kappa shape index (κ2) is 9.67. The number of benzene rings is 1. The quantitative estimate of drug-likeness (QED) is 0.701. The van der Waals surface area contributed by atoms with Gasteiger partial charge in [0.15, 0.2) is 0 Å². The summed E-state index contributed by atoms with van der Waals surface area (Å²) in [6.07, 6.45) is 4.48. The molecule has 2 atom stereocenters. The first-order chi connectivity index (χ1) is 13.7. The third kappa shape index (κ3) is 6.33. The van der Waals surface area contributed by atoms with Gasteiger partial charge in [-0.2, -0.15) is 0 Å². The van der Waals surface area contributed by atoms with Crippen LogP contribution in [0.2, 0.25) is 0 Å². The molecule has 2 N–H and O–H groups in total. The highest BCUT2D eigenvalue weighted by molar-refractivity contribution is 7.90. The lowest BCUT2D eigenvalue weighted by Crippen LogP contribution is -2.45. The molecule has 3 rings (SSSR count). The summed E-state index contributed by atoms with van der Waals surface area (Å²) in [6, 6.07) is 8.77. The Bertz CT molecular complexity index is 733. The molecule has 29 heavy (non-hydrogen) atoms. The maximum absolute atomic E-state index is 12.0. The van der Waals surface area contributed by atoms with E-state index in [1.165, 1.54) is 5.69 Å². The van der Waals surface area contributed by atoms with E-state index in [0.29, 0.717) is 5.92 Å². The Kier molecular flexibility index (Phi) is 7.46. The fourth-order valence-corrected chi connectivity index (χ4v) is 5.27. The Morgan fingerprint density at radius 2 is 1.62 bits per heavy atom. The molecule has 164 valence electrons. The van der Waals surface area contributed by atoms with Crippen LogP contribution in [-0.2, 0) is 14.8 Å². The highest BCUT2D eigenvalue weighted by Gasteiger charge is 2.26. The molecule has 1 aliphatic heterocycles. The fourth-order valence-electron chi connectivity index (χ4n) is 4.29. The Morgan fingerprint density at radius 1 is 1.03 bits per heavy atom. The Balaban J connectivity index is 1.43. The van der Waals surface area contributed by atoms with Crippen molar-refractivity contribution in [3.05, 3.63) is 24.3 Å². The molecule has 1 heterocycles. The summed E-state index contributed by atoms with van der Waals surface area (Å²) in [5, 5.41) is 3.19. The predicted molar refractivity (Wildman–Crippen MR) is 120 cm³/mol. The van der Waals surface area contributed by atoms with Crippen LogP contribution in [0.15, 0.2) is 24.3 Å². The molecule has 6 nitrogen and oxygen atoms in total. The Morgan fingerprint density at radius 3 is 2.17 bits per heavy atom. The van der Waals surface area contributed by atoms with Gasteiger partial charge in [-0.15, -0.1) is 0 Å². The van der Waals surface area contributed by atoms with Crippen molar-refractivity contribution in [1.29, 1.82) is 0 Å². The maximum Gasteiger partial charge on any atom is 0.214 e. The van der Waals surface area contributed by atoms with Gasteiger partial charge in [0, 0.05) is 37.1 Å². The number of rotatable bonds is 7. The van der Waals surface area contributed by atoms with Crippen LogP contribution in [-0.4, -0.2) is 51.6 Å². The van der Waals surface area contributed by atoms with Crippen molar-refractivity contribution in [3.8, 4) is 0 Å². The summed E-state index contributed by atoms with van der Waals surface area (Å²) in [5.74, 6) is 0.593. The summed E-state index contributed by atoms with van der Waals surface area (Å²) in [5.41, 5.74) is 2.39. The summed E-state index contributed by atoms with van der Waals surface area (Å²) in [4.78, 5) is 2.39. The van der Waals surface area contributed by atoms with Crippen LogP contribution in [0.1, 0.15) is 53.4 Å². The molecular weight excluding hydrogens is 386 g/mol. The molecule has 7 heteroatoms. The van der Waals surface area contributed by atoms with Crippen LogP contribution in [0.25, 0.3) is 0 Å². The zero-order chi connectivity index (χ0) is 21.0. The molecule has 0 spiro atoms. The lowest BCUT2D eigenvalue weighted by molar-refractivity contribution is -0.00521. The van der Waals surface area contributed by atoms with Crippen molar-refractivity contribution in [1.82, 2.24) is 4.72 Å². The van der Waals surface area contributed by atoms with Crippen molar-refractivity contribution < 1.29 is 13.2 Å². The number of nitrogens with one attached hydrogen (secondary N) is 2. The molecule has 2 fully saturated rings. The number of sulfonamides is 1. The zero-order valence-electron chi connectivity index (χ0n) is 18.2. The van der Waals surface area contributed by atoms with E-state index < -0.39 is 10.0 Å². The minimum absolute atomic E-state index is 0.0937. The summed E-state index contributed by atoms with van der Waals surface area (Å²) >= 11 is 0. The van der Waals surface area contributed by atoms with Crippen molar-refractivity contribution in [3.63, 3.8) is 0 Å².